The van der Waals surface area contributed by atoms with E-state index in [2.05, 4.69) is 91.0 Å². The summed E-state index contributed by atoms with van der Waals surface area (Å²) >= 11 is 4.96. The molecule has 0 saturated carbocycles. The highest BCUT2D eigenvalue weighted by atomic mass is 79.9. The van der Waals surface area contributed by atoms with Crippen LogP contribution in [0.1, 0.15) is 56.9 Å². The van der Waals surface area contributed by atoms with E-state index in [9.17, 15) is 4.79 Å². The smallest absolute Gasteiger partial charge is 0.311 e. The topological polar surface area (TPSA) is 52.3 Å². The van der Waals surface area contributed by atoms with E-state index in [1.807, 2.05) is 0 Å². The normalized spacial score (nSPS) is 10.9. The van der Waals surface area contributed by atoms with Crippen molar-refractivity contribution >= 4 is 46.4 Å². The molecule has 0 radical (unpaired) electrons. The van der Waals surface area contributed by atoms with Crippen molar-refractivity contribution in [3.05, 3.63) is 121 Å². The van der Waals surface area contributed by atoms with E-state index in [0.717, 1.165) is 24.8 Å². The zero-order valence-corrected chi connectivity index (χ0v) is 26.8. The van der Waals surface area contributed by atoms with Gasteiger partial charge in [0.25, 0.3) is 0 Å². The number of rotatable bonds is 15. The van der Waals surface area contributed by atoms with Crippen molar-refractivity contribution in [1.82, 2.24) is 0 Å². The summed E-state index contributed by atoms with van der Waals surface area (Å²) in [7, 11) is -1.73. The Labute approximate surface area is 261 Å². The highest BCUT2D eigenvalue weighted by Crippen LogP contribution is 2.56. The molecule has 0 aromatic heterocycles. The van der Waals surface area contributed by atoms with Gasteiger partial charge in [-0.2, -0.15) is 0 Å². The maximum absolute atomic E-state index is 12.2. The van der Waals surface area contributed by atoms with Crippen LogP contribution in [0.2, 0.25) is 0 Å². The molecule has 0 saturated heterocycles. The number of esters is 1. The summed E-state index contributed by atoms with van der Waals surface area (Å²) in [5.41, 5.74) is 6.38. The fourth-order valence-corrected chi connectivity index (χ4v) is 9.80. The molecule has 0 heterocycles. The van der Waals surface area contributed by atoms with Gasteiger partial charge in [-0.3, -0.25) is 4.79 Å². The van der Waals surface area contributed by atoms with Crippen LogP contribution in [0, 0.1) is 0 Å². The molecule has 0 spiro atoms. The number of nitrogens with two attached hydrogens (primary N) is 1. The number of carbonyl (C=O) groups is 1. The quantitative estimate of drug-likeness (QED) is 0.0686. The molecule has 4 rings (SSSR count). The third-order valence-electron chi connectivity index (χ3n) is 7.34. The molecular weight excluding hydrogens is 609 g/mol. The van der Waals surface area contributed by atoms with Gasteiger partial charge >= 0.3 is 5.97 Å². The summed E-state index contributed by atoms with van der Waals surface area (Å²) in [6.45, 7) is 0. The van der Waals surface area contributed by atoms with Crippen LogP contribution in [-0.4, -0.2) is 17.1 Å². The molecule has 3 nitrogen and oxygen atoms in total. The fourth-order valence-electron chi connectivity index (χ4n) is 5.25. The lowest BCUT2D eigenvalue weighted by molar-refractivity contribution is -0.134. The summed E-state index contributed by atoms with van der Waals surface area (Å²) in [5.74, 6) is 0.344. The number of thiocarbonyl (C=S) groups is 1. The summed E-state index contributed by atoms with van der Waals surface area (Å²) in [6.07, 6.45) is 9.50. The van der Waals surface area contributed by atoms with E-state index in [4.69, 9.17) is 22.7 Å². The van der Waals surface area contributed by atoms with Crippen LogP contribution in [0.25, 0.3) is 0 Å². The van der Waals surface area contributed by atoms with Gasteiger partial charge in [-0.1, -0.05) is 92.5 Å². The summed E-state index contributed by atoms with van der Waals surface area (Å²) in [4.78, 5) is 12.5. The molecule has 41 heavy (non-hydrogen) atoms. The molecule has 0 atom stereocenters. The van der Waals surface area contributed by atoms with Gasteiger partial charge in [0, 0.05) is 12.0 Å². The van der Waals surface area contributed by atoms with E-state index in [-0.39, 0.29) is 23.0 Å². The van der Waals surface area contributed by atoms with Crippen LogP contribution >= 0.6 is 19.5 Å². The standard InChI is InChI=1S/C35H38NO2PS.BrH/c36-35(40)29-24-26-30(27-25-29)38-34(37)23-15-4-2-1-3-5-16-28-39(31-17-9-6-10-18-31,32-19-11-7-12-20-32)33-21-13-8-14-22-33;/h6-14,17-22,24-27H,1-5,15-16,23,28H2,(H-,36,40);1H. The first kappa shape index (κ1) is 32.7. The van der Waals surface area contributed by atoms with E-state index in [1.54, 1.807) is 24.3 Å². The van der Waals surface area contributed by atoms with Gasteiger partial charge < -0.3 is 27.5 Å². The molecular formula is C35H39BrNO2PS. The molecule has 214 valence electrons. The number of unbranched alkanes of at least 4 members (excludes halogenated alkanes) is 6. The van der Waals surface area contributed by atoms with E-state index in [0.29, 0.717) is 17.2 Å². The van der Waals surface area contributed by atoms with Crippen molar-refractivity contribution in [3.8, 4) is 5.75 Å². The third kappa shape index (κ3) is 9.33. The van der Waals surface area contributed by atoms with Crippen LogP contribution in [0.3, 0.4) is 0 Å². The average Bonchev–Trinajstić information content (AvgIpc) is 3.00. The fraction of sp³-hybridized carbons (Fsp3) is 0.257. The highest BCUT2D eigenvalue weighted by Gasteiger charge is 2.44. The minimum absolute atomic E-state index is 0. The van der Waals surface area contributed by atoms with Gasteiger partial charge in [0.1, 0.15) is 33.9 Å². The van der Waals surface area contributed by atoms with Crippen molar-refractivity contribution in [2.45, 2.75) is 51.4 Å². The van der Waals surface area contributed by atoms with Crippen LogP contribution in [-0.2, 0) is 4.79 Å². The van der Waals surface area contributed by atoms with Gasteiger partial charge in [0.15, 0.2) is 0 Å². The highest BCUT2D eigenvalue weighted by molar-refractivity contribution is 7.95. The maximum Gasteiger partial charge on any atom is 0.311 e. The van der Waals surface area contributed by atoms with Crippen molar-refractivity contribution in [2.75, 3.05) is 6.16 Å². The average molecular weight is 649 g/mol. The minimum Gasteiger partial charge on any atom is -1.00 e. The molecule has 4 aromatic carbocycles. The predicted octanol–water partition coefficient (Wildman–Crippen LogP) is 4.35. The second kappa shape index (κ2) is 17.2. The molecule has 4 aromatic rings. The van der Waals surface area contributed by atoms with Gasteiger partial charge in [-0.15, -0.1) is 0 Å². The van der Waals surface area contributed by atoms with Crippen LogP contribution in [0.4, 0.5) is 0 Å². The Bertz CT molecular complexity index is 1240. The largest absolute Gasteiger partial charge is 1.00 e. The Hall–Kier alpha value is -2.85. The van der Waals surface area contributed by atoms with Crippen molar-refractivity contribution in [1.29, 1.82) is 0 Å². The molecule has 0 aliphatic rings. The molecule has 0 aliphatic heterocycles. The Morgan fingerprint density at radius 3 is 1.46 bits per heavy atom. The van der Waals surface area contributed by atoms with Crippen LogP contribution < -0.4 is 43.4 Å². The van der Waals surface area contributed by atoms with Gasteiger partial charge in [0.2, 0.25) is 0 Å². The first-order chi connectivity index (χ1) is 19.6. The first-order valence-corrected chi connectivity index (χ1v) is 16.6. The van der Waals surface area contributed by atoms with Crippen LogP contribution in [0.15, 0.2) is 115 Å². The number of hydrogen-bond donors (Lipinski definition) is 1. The number of hydrogen-bond acceptors (Lipinski definition) is 3. The Balaban J connectivity index is 0.00000462. The first-order valence-electron chi connectivity index (χ1n) is 14.2. The lowest BCUT2D eigenvalue weighted by atomic mass is 10.1. The zero-order chi connectivity index (χ0) is 28.0. The van der Waals surface area contributed by atoms with Gasteiger partial charge in [-0.25, -0.2) is 0 Å². The van der Waals surface area contributed by atoms with Crippen molar-refractivity contribution in [3.63, 3.8) is 0 Å². The summed E-state index contributed by atoms with van der Waals surface area (Å²) in [6, 6.07) is 40.4. The number of carbonyl (C=O) groups excluding carboxylic acids is 1. The molecule has 2 N–H and O–H groups in total. The second-order valence-electron chi connectivity index (χ2n) is 10.1. The third-order valence-corrected chi connectivity index (χ3v) is 12.1. The summed E-state index contributed by atoms with van der Waals surface area (Å²) in [5, 5.41) is 4.37. The van der Waals surface area contributed by atoms with Gasteiger partial charge in [0.05, 0.1) is 6.16 Å². The Morgan fingerprint density at radius 2 is 1.02 bits per heavy atom. The maximum atomic E-state index is 12.2. The van der Waals surface area contributed by atoms with Crippen LogP contribution in [0.5, 0.6) is 5.75 Å². The molecule has 0 fully saturated rings. The van der Waals surface area contributed by atoms with E-state index >= 15 is 0 Å². The van der Waals surface area contributed by atoms with Gasteiger partial charge in [-0.05, 0) is 79.9 Å². The Morgan fingerprint density at radius 1 is 0.610 bits per heavy atom. The number of benzene rings is 4. The number of ether oxygens (including phenoxy) is 1. The Kier molecular flexibility index (Phi) is 13.7. The van der Waals surface area contributed by atoms with E-state index in [1.165, 1.54) is 47.8 Å². The number of halogens is 1. The minimum atomic E-state index is -1.73. The van der Waals surface area contributed by atoms with E-state index < -0.39 is 7.26 Å². The molecule has 0 unspecified atom stereocenters. The molecule has 0 bridgehead atoms. The summed E-state index contributed by atoms with van der Waals surface area (Å²) < 4.78 is 5.43. The monoisotopic (exact) mass is 647 g/mol. The zero-order valence-electron chi connectivity index (χ0n) is 23.5. The lowest BCUT2D eigenvalue weighted by Gasteiger charge is -2.27. The predicted molar refractivity (Wildman–Crippen MR) is 175 cm³/mol. The van der Waals surface area contributed by atoms with Crippen molar-refractivity contribution < 1.29 is 26.5 Å². The lowest BCUT2D eigenvalue weighted by Crippen LogP contribution is -3.00. The molecule has 6 heteroatoms. The molecule has 0 aliphatic carbocycles. The SMILES string of the molecule is NC(=S)c1ccc(OC(=O)CCCCCCCCC[P+](c2ccccc2)(c2ccccc2)c2ccccc2)cc1.[Br-]. The molecule has 0 amide bonds. The second-order valence-corrected chi connectivity index (χ2v) is 14.2. The van der Waals surface area contributed by atoms with Crippen molar-refractivity contribution in [2.24, 2.45) is 5.73 Å².